The van der Waals surface area contributed by atoms with Gasteiger partial charge < -0.3 is 14.5 Å². The second kappa shape index (κ2) is 13.7. The van der Waals surface area contributed by atoms with E-state index in [9.17, 15) is 14.4 Å². The van der Waals surface area contributed by atoms with Crippen molar-refractivity contribution in [3.8, 4) is 0 Å². The highest BCUT2D eigenvalue weighted by atomic mass is 35.5. The average molecular weight is 762 g/mol. The molecule has 0 unspecified atom stereocenters. The fourth-order valence-corrected chi connectivity index (χ4v) is 14.3. The summed E-state index contributed by atoms with van der Waals surface area (Å²) < 4.78 is 5.99. The van der Waals surface area contributed by atoms with Gasteiger partial charge in [-0.2, -0.15) is 0 Å². The average Bonchev–Trinajstić information content (AvgIpc) is 3.80. The molecule has 0 spiro atoms. The number of amides is 1. The number of benzene rings is 1. The third-order valence-electron chi connectivity index (χ3n) is 17.3. The van der Waals surface area contributed by atoms with Gasteiger partial charge in [-0.15, -0.1) is 0 Å². The van der Waals surface area contributed by atoms with Crippen LogP contribution >= 0.6 is 11.6 Å². The van der Waals surface area contributed by atoms with Gasteiger partial charge in [0.05, 0.1) is 0 Å². The highest BCUT2D eigenvalue weighted by molar-refractivity contribution is 6.30. The van der Waals surface area contributed by atoms with Crippen LogP contribution in [0.4, 0.5) is 0 Å². The highest BCUT2D eigenvalue weighted by Gasteiger charge is 2.70. The second-order valence-electron chi connectivity index (χ2n) is 21.0. The monoisotopic (exact) mass is 760 g/mol. The quantitative estimate of drug-likeness (QED) is 0.222. The van der Waals surface area contributed by atoms with Crippen molar-refractivity contribution in [3.63, 3.8) is 0 Å². The van der Waals surface area contributed by atoms with E-state index in [2.05, 4.69) is 84.5 Å². The van der Waals surface area contributed by atoms with Crippen molar-refractivity contribution in [2.45, 2.75) is 144 Å². The third kappa shape index (κ3) is 6.25. The van der Waals surface area contributed by atoms with Crippen molar-refractivity contribution in [2.75, 3.05) is 33.7 Å². The summed E-state index contributed by atoms with van der Waals surface area (Å²) in [4.78, 5) is 45.8. The number of carbonyl (C=O) groups excluding carboxylic acids is 3. The zero-order valence-corrected chi connectivity index (χ0v) is 36.0. The smallest absolute Gasteiger partial charge is 0.302 e. The largest absolute Gasteiger partial charge is 0.462 e. The number of Topliss-reactive ketones (excluding diaryl/α,β-unsaturated/α-hetero) is 1. The van der Waals surface area contributed by atoms with Crippen LogP contribution in [-0.4, -0.2) is 67.3 Å². The van der Waals surface area contributed by atoms with Crippen LogP contribution in [0.2, 0.25) is 5.02 Å². The molecule has 6 aliphatic carbocycles. The lowest BCUT2D eigenvalue weighted by atomic mass is 9.33. The number of nitrogens with zero attached hydrogens (tertiary/aromatic N) is 2. The van der Waals surface area contributed by atoms with Gasteiger partial charge in [-0.3, -0.25) is 14.4 Å². The lowest BCUT2D eigenvalue weighted by Gasteiger charge is -2.72. The Morgan fingerprint density at radius 3 is 2.11 bits per heavy atom. The predicted octanol–water partition coefficient (Wildman–Crippen LogP) is 10.1. The Labute approximate surface area is 331 Å². The molecule has 0 bridgehead atoms. The molecule has 5 fully saturated rings. The molecule has 0 radical (unpaired) electrons. The van der Waals surface area contributed by atoms with Crippen molar-refractivity contribution in [1.82, 2.24) is 9.80 Å². The fraction of sp³-hybridized carbons (Fsp3) is 0.766. The van der Waals surface area contributed by atoms with Gasteiger partial charge in [0, 0.05) is 60.7 Å². The Bertz CT molecular complexity index is 1690. The summed E-state index contributed by atoms with van der Waals surface area (Å²) in [6, 6.07) is 8.25. The van der Waals surface area contributed by atoms with Crippen molar-refractivity contribution in [2.24, 2.45) is 50.7 Å². The summed E-state index contributed by atoms with van der Waals surface area (Å²) in [5.74, 6) is 1.88. The van der Waals surface area contributed by atoms with Gasteiger partial charge in [0.2, 0.25) is 5.91 Å². The minimum atomic E-state index is -0.389. The maximum Gasteiger partial charge on any atom is 0.302 e. The molecule has 7 rings (SSSR count). The molecule has 0 N–H and O–H groups in total. The van der Waals surface area contributed by atoms with Gasteiger partial charge >= 0.3 is 5.97 Å². The third-order valence-corrected chi connectivity index (χ3v) is 17.5. The van der Waals surface area contributed by atoms with Gasteiger partial charge in [-0.05, 0) is 141 Å². The normalized spacial score (nSPS) is 37.7. The summed E-state index contributed by atoms with van der Waals surface area (Å²) in [5.41, 5.74) is 3.58. The van der Waals surface area contributed by atoms with Gasteiger partial charge in [0.25, 0.3) is 0 Å². The Morgan fingerprint density at radius 1 is 0.833 bits per heavy atom. The number of ketones is 1. The fourth-order valence-electron chi connectivity index (χ4n) is 14.2. The molecule has 5 saturated carbocycles. The zero-order valence-electron chi connectivity index (χ0n) is 35.2. The van der Waals surface area contributed by atoms with E-state index in [0.717, 1.165) is 87.9 Å². The predicted molar refractivity (Wildman–Crippen MR) is 217 cm³/mol. The molecule has 298 valence electrons. The first-order valence-electron chi connectivity index (χ1n) is 21.4. The number of likely N-dealkylation sites (N-methyl/N-ethyl adjacent to an activating group) is 1. The number of fused-ring (bicyclic) bond motifs is 7. The number of allylic oxidation sites excluding steroid dienone is 2. The molecule has 1 aromatic carbocycles. The summed E-state index contributed by atoms with van der Waals surface area (Å²) in [6.07, 6.45) is 11.6. The van der Waals surface area contributed by atoms with Crippen molar-refractivity contribution in [1.29, 1.82) is 0 Å². The Hall–Kier alpha value is -2.18. The molecule has 1 aromatic rings. The number of halogens is 1. The lowest BCUT2D eigenvalue weighted by molar-refractivity contribution is -0.232. The minimum Gasteiger partial charge on any atom is -0.462 e. The van der Waals surface area contributed by atoms with Gasteiger partial charge in [0.1, 0.15) is 6.10 Å². The molecular formula is C47H69ClN2O4. The first-order valence-corrected chi connectivity index (χ1v) is 21.7. The number of hydrogen-bond acceptors (Lipinski definition) is 5. The second-order valence-corrected chi connectivity index (χ2v) is 21.5. The Balaban J connectivity index is 1.20. The molecule has 8 atom stereocenters. The number of hydrogen-bond donors (Lipinski definition) is 0. The van der Waals surface area contributed by atoms with Crippen molar-refractivity contribution < 1.29 is 19.1 Å². The Morgan fingerprint density at radius 2 is 1.50 bits per heavy atom. The van der Waals surface area contributed by atoms with Crippen molar-refractivity contribution >= 4 is 29.3 Å². The molecule has 6 nitrogen and oxygen atoms in total. The van der Waals surface area contributed by atoms with Crippen LogP contribution in [0, 0.1) is 50.7 Å². The Kier molecular flexibility index (Phi) is 10.2. The van der Waals surface area contributed by atoms with E-state index in [4.69, 9.17) is 16.3 Å². The maximum atomic E-state index is 14.9. The topological polar surface area (TPSA) is 66.9 Å². The molecular weight excluding hydrogens is 692 g/mol. The zero-order chi connectivity index (χ0) is 39.2. The molecule has 7 heteroatoms. The van der Waals surface area contributed by atoms with E-state index in [0.29, 0.717) is 42.9 Å². The number of rotatable bonds is 10. The highest BCUT2D eigenvalue weighted by Crippen LogP contribution is 2.77. The minimum absolute atomic E-state index is 0.0174. The summed E-state index contributed by atoms with van der Waals surface area (Å²) in [6.45, 7) is 20.7. The van der Waals surface area contributed by atoms with E-state index >= 15 is 0 Å². The van der Waals surface area contributed by atoms with Crippen LogP contribution in [-0.2, 0) is 24.5 Å². The van der Waals surface area contributed by atoms with E-state index < -0.39 is 0 Å². The van der Waals surface area contributed by atoms with E-state index in [1.807, 2.05) is 12.1 Å². The van der Waals surface area contributed by atoms with Gasteiger partial charge in [-0.1, -0.05) is 77.8 Å². The molecule has 0 aromatic heterocycles. The molecule has 6 aliphatic rings. The van der Waals surface area contributed by atoms with Gasteiger partial charge in [-0.25, -0.2) is 0 Å². The van der Waals surface area contributed by atoms with Crippen molar-refractivity contribution in [3.05, 3.63) is 46.0 Å². The molecule has 1 amide bonds. The first kappa shape index (κ1) is 40.0. The standard InChI is InChI=1S/C47H69ClN2O4/c1-30(2)40-35(52)27-47(28-39(53)50(26-25-49(9)10)29-46(23-24-46)32-11-13-33(48)14-12-32)22-21-44(7)34(41(40)47)15-16-37-43(6)19-18-38(54-31(3)51)42(4,5)36(43)17-20-45(37,44)8/h11-14,30,34,36-38H,15-29H2,1-10H3/t34-,36+,37-,38+,43+,44-,45-,47+/m1/s1. The maximum absolute atomic E-state index is 14.9. The van der Waals surface area contributed by atoms with E-state index in [1.165, 1.54) is 11.1 Å². The van der Waals surface area contributed by atoms with Gasteiger partial charge in [0.15, 0.2) is 5.78 Å². The van der Waals surface area contributed by atoms with Crippen LogP contribution in [0.25, 0.3) is 0 Å². The number of ether oxygens (including phenoxy) is 1. The van der Waals surface area contributed by atoms with Crippen LogP contribution in [0.1, 0.15) is 138 Å². The first-order chi connectivity index (χ1) is 25.2. The van der Waals surface area contributed by atoms with Crippen LogP contribution in [0.15, 0.2) is 35.4 Å². The molecule has 0 heterocycles. The van der Waals surface area contributed by atoms with Crippen LogP contribution < -0.4 is 0 Å². The summed E-state index contributed by atoms with van der Waals surface area (Å²) >= 11 is 6.28. The number of esters is 1. The molecule has 0 saturated heterocycles. The molecule has 54 heavy (non-hydrogen) atoms. The molecule has 0 aliphatic heterocycles. The van der Waals surface area contributed by atoms with E-state index in [-0.39, 0.29) is 56.4 Å². The summed E-state index contributed by atoms with van der Waals surface area (Å²) in [7, 11) is 4.16. The van der Waals surface area contributed by atoms with E-state index in [1.54, 1.807) is 6.92 Å². The number of carbonyl (C=O) groups is 3. The van der Waals surface area contributed by atoms with Crippen LogP contribution in [0.5, 0.6) is 0 Å². The lowest BCUT2D eigenvalue weighted by Crippen LogP contribution is -2.65. The summed E-state index contributed by atoms with van der Waals surface area (Å²) in [5, 5.41) is 0.741. The SMILES string of the molecule is CC(=O)O[C@H]1CC[C@]2(C)[C@H]3CC[C@@H]4C5=C(C(C)C)C(=O)C[C@]5(CC(=O)N(CCN(C)C)CC5(c6ccc(Cl)cc6)CC5)CC[C@@]4(C)[C@]3(C)CC[C@H]2C1(C)C. The van der Waals surface area contributed by atoms with Crippen LogP contribution in [0.3, 0.4) is 0 Å².